The largest absolute Gasteiger partial charge is 0.481 e. The van der Waals surface area contributed by atoms with Gasteiger partial charge in [-0.3, -0.25) is 43.7 Å². The standard InChI is InChI=1S/C35H56N6O16/c1-5-10-36-24(8-12-42)32(50)39-25(6-7-27(43)44)33(51)41-30(22(2)3)35(53)40-26(21-29(47)48)34(52)38-23(4)31(49)37-11-14-55-16-18-57-20-19-56-17-15-54-13-9-28(45)46/h1,12,22-26,30,36H,6-11,13-21H2,2-4H3,(H,37,49)(H,38,52)(H,39,50)(H,40,53)(H,41,51)(H,43,44)(H,45,46)(H,47,48)/t23-,24-,25-,26-,30-/m0/s1. The third-order valence-corrected chi connectivity index (χ3v) is 7.51. The molecule has 322 valence electrons. The zero-order chi connectivity index (χ0) is 43.2. The summed E-state index contributed by atoms with van der Waals surface area (Å²) in [5, 5.41) is 41.7. The van der Waals surface area contributed by atoms with Crippen LogP contribution in [0.15, 0.2) is 0 Å². The number of terminal acetylenes is 1. The van der Waals surface area contributed by atoms with E-state index >= 15 is 0 Å². The van der Waals surface area contributed by atoms with Crippen molar-refractivity contribution in [2.24, 2.45) is 5.92 Å². The molecule has 0 aromatic heterocycles. The lowest BCUT2D eigenvalue weighted by atomic mass is 10.0. The molecule has 0 saturated heterocycles. The summed E-state index contributed by atoms with van der Waals surface area (Å²) in [7, 11) is 0. The Hall–Kier alpha value is -5.21. The summed E-state index contributed by atoms with van der Waals surface area (Å²) in [5.74, 6) is -6.57. The Morgan fingerprint density at radius 1 is 0.614 bits per heavy atom. The molecule has 0 aliphatic carbocycles. The molecule has 0 unspecified atom stereocenters. The summed E-state index contributed by atoms with van der Waals surface area (Å²) in [6, 6.07) is -6.89. The molecule has 0 spiro atoms. The topological polar surface area (TPSA) is 323 Å². The van der Waals surface area contributed by atoms with Crippen molar-refractivity contribution in [1.29, 1.82) is 0 Å². The van der Waals surface area contributed by atoms with Gasteiger partial charge in [0.15, 0.2) is 0 Å². The van der Waals surface area contributed by atoms with E-state index < -0.39 is 103 Å². The molecule has 0 bridgehead atoms. The van der Waals surface area contributed by atoms with E-state index in [1.165, 1.54) is 20.8 Å². The van der Waals surface area contributed by atoms with E-state index in [-0.39, 0.29) is 72.2 Å². The molecule has 0 aromatic carbocycles. The van der Waals surface area contributed by atoms with Gasteiger partial charge in [-0.05, 0) is 19.3 Å². The molecule has 0 aliphatic rings. The van der Waals surface area contributed by atoms with Gasteiger partial charge in [0.05, 0.1) is 78.3 Å². The van der Waals surface area contributed by atoms with Gasteiger partial charge in [-0.25, -0.2) is 0 Å². The van der Waals surface area contributed by atoms with E-state index in [4.69, 9.17) is 30.5 Å². The molecule has 0 rings (SSSR count). The van der Waals surface area contributed by atoms with Crippen LogP contribution in [0.25, 0.3) is 0 Å². The highest BCUT2D eigenvalue weighted by Gasteiger charge is 2.34. The maximum absolute atomic E-state index is 13.4. The summed E-state index contributed by atoms with van der Waals surface area (Å²) in [6.07, 6.45) is 3.40. The Morgan fingerprint density at radius 2 is 1.12 bits per heavy atom. The fourth-order valence-corrected chi connectivity index (χ4v) is 4.50. The van der Waals surface area contributed by atoms with E-state index in [0.717, 1.165) is 0 Å². The van der Waals surface area contributed by atoms with Crippen LogP contribution < -0.4 is 31.9 Å². The number of aldehydes is 1. The first-order valence-corrected chi connectivity index (χ1v) is 18.1. The summed E-state index contributed by atoms with van der Waals surface area (Å²) in [5.41, 5.74) is 0. The quantitative estimate of drug-likeness (QED) is 0.0175. The van der Waals surface area contributed by atoms with Crippen molar-refractivity contribution in [2.75, 3.05) is 65.9 Å². The predicted octanol–water partition coefficient (Wildman–Crippen LogP) is -3.22. The Balaban J connectivity index is 5.08. The Labute approximate surface area is 330 Å². The molecule has 0 radical (unpaired) electrons. The highest BCUT2D eigenvalue weighted by atomic mass is 16.6. The van der Waals surface area contributed by atoms with Crippen molar-refractivity contribution >= 4 is 53.7 Å². The van der Waals surface area contributed by atoms with Gasteiger partial charge in [0.1, 0.15) is 30.5 Å². The maximum Gasteiger partial charge on any atom is 0.305 e. The van der Waals surface area contributed by atoms with Crippen LogP contribution in [0.4, 0.5) is 0 Å². The first kappa shape index (κ1) is 51.8. The minimum absolute atomic E-state index is 0.0577. The van der Waals surface area contributed by atoms with E-state index in [9.17, 15) is 53.4 Å². The number of hydrogen-bond donors (Lipinski definition) is 9. The van der Waals surface area contributed by atoms with Gasteiger partial charge in [0.25, 0.3) is 0 Å². The molecule has 0 aromatic rings. The first-order chi connectivity index (χ1) is 27.0. The van der Waals surface area contributed by atoms with Crippen molar-refractivity contribution in [3.05, 3.63) is 0 Å². The summed E-state index contributed by atoms with van der Waals surface area (Å²) in [6.45, 7) is 6.13. The molecule has 0 aliphatic heterocycles. The molecule has 0 saturated carbocycles. The number of hydrogen-bond acceptors (Lipinski definition) is 14. The van der Waals surface area contributed by atoms with Crippen LogP contribution in [-0.4, -0.2) is 165 Å². The Bertz CT molecular complexity index is 1360. The average Bonchev–Trinajstić information content (AvgIpc) is 3.14. The summed E-state index contributed by atoms with van der Waals surface area (Å²) >= 11 is 0. The number of nitrogens with one attached hydrogen (secondary N) is 6. The fourth-order valence-electron chi connectivity index (χ4n) is 4.50. The molecule has 5 atom stereocenters. The van der Waals surface area contributed by atoms with Gasteiger partial charge < -0.3 is 65.6 Å². The zero-order valence-corrected chi connectivity index (χ0v) is 32.4. The van der Waals surface area contributed by atoms with Gasteiger partial charge in [-0.1, -0.05) is 19.8 Å². The van der Waals surface area contributed by atoms with Crippen LogP contribution in [0.1, 0.15) is 52.9 Å². The molecular weight excluding hydrogens is 760 g/mol. The maximum atomic E-state index is 13.4. The SMILES string of the molecule is C#CCN[C@@H](CC=O)C(=O)N[C@@H](CCC(=O)O)C(=O)N[C@H](C(=O)N[C@@H](CC(=O)O)C(=O)N[C@@H](C)C(=O)NCCOCCOCCOCCOCCC(=O)O)C(C)C. The van der Waals surface area contributed by atoms with E-state index in [1.807, 2.05) is 0 Å². The van der Waals surface area contributed by atoms with E-state index in [1.54, 1.807) is 0 Å². The van der Waals surface area contributed by atoms with Crippen molar-refractivity contribution in [1.82, 2.24) is 31.9 Å². The number of amides is 5. The van der Waals surface area contributed by atoms with Crippen molar-refractivity contribution < 1.29 is 77.4 Å². The number of carboxylic acids is 3. The van der Waals surface area contributed by atoms with E-state index in [2.05, 4.69) is 37.8 Å². The Morgan fingerprint density at radius 3 is 1.63 bits per heavy atom. The number of carboxylic acid groups (broad SMARTS) is 3. The predicted molar refractivity (Wildman–Crippen MR) is 197 cm³/mol. The number of aliphatic carboxylic acids is 3. The average molecular weight is 817 g/mol. The Kier molecular flexibility index (Phi) is 28.1. The molecule has 5 amide bonds. The highest BCUT2D eigenvalue weighted by molar-refractivity contribution is 5.97. The zero-order valence-electron chi connectivity index (χ0n) is 32.4. The number of carbonyl (C=O) groups is 9. The first-order valence-electron chi connectivity index (χ1n) is 18.1. The molecule has 22 heteroatoms. The molecule has 57 heavy (non-hydrogen) atoms. The summed E-state index contributed by atoms with van der Waals surface area (Å²) in [4.78, 5) is 109. The van der Waals surface area contributed by atoms with E-state index in [0.29, 0.717) is 12.9 Å². The van der Waals surface area contributed by atoms with Crippen LogP contribution in [-0.2, 0) is 62.1 Å². The third-order valence-electron chi connectivity index (χ3n) is 7.51. The lowest BCUT2D eigenvalue weighted by Crippen LogP contribution is -2.60. The fraction of sp³-hybridized carbons (Fsp3) is 0.686. The number of carbonyl (C=O) groups excluding carboxylic acids is 6. The minimum Gasteiger partial charge on any atom is -0.481 e. The number of ether oxygens (including phenoxy) is 4. The normalized spacial score (nSPS) is 13.5. The van der Waals surface area contributed by atoms with Gasteiger partial charge >= 0.3 is 17.9 Å². The molecular formula is C35H56N6O16. The van der Waals surface area contributed by atoms with Crippen LogP contribution in [0, 0.1) is 18.3 Å². The molecule has 9 N–H and O–H groups in total. The minimum atomic E-state index is -1.69. The molecule has 22 nitrogen and oxygen atoms in total. The second-order valence-electron chi connectivity index (χ2n) is 12.5. The van der Waals surface area contributed by atoms with Crippen molar-refractivity contribution in [3.8, 4) is 12.3 Å². The lowest BCUT2D eigenvalue weighted by Gasteiger charge is -2.28. The lowest BCUT2D eigenvalue weighted by molar-refractivity contribution is -0.142. The highest BCUT2D eigenvalue weighted by Crippen LogP contribution is 2.08. The van der Waals surface area contributed by atoms with Gasteiger partial charge in [-0.2, -0.15) is 0 Å². The number of rotatable bonds is 34. The molecule has 0 fully saturated rings. The van der Waals surface area contributed by atoms with Crippen LogP contribution in [0.2, 0.25) is 0 Å². The second kappa shape index (κ2) is 30.9. The molecule has 0 heterocycles. The third kappa shape index (κ3) is 25.5. The second-order valence-corrected chi connectivity index (χ2v) is 12.5. The van der Waals surface area contributed by atoms with Gasteiger partial charge in [0.2, 0.25) is 29.5 Å². The van der Waals surface area contributed by atoms with Crippen molar-refractivity contribution in [2.45, 2.75) is 83.1 Å². The van der Waals surface area contributed by atoms with Crippen LogP contribution in [0.3, 0.4) is 0 Å². The van der Waals surface area contributed by atoms with Gasteiger partial charge in [-0.15, -0.1) is 6.42 Å². The smallest absolute Gasteiger partial charge is 0.305 e. The summed E-state index contributed by atoms with van der Waals surface area (Å²) < 4.78 is 21.1. The van der Waals surface area contributed by atoms with Gasteiger partial charge in [0, 0.05) is 19.4 Å². The van der Waals surface area contributed by atoms with Crippen LogP contribution in [0.5, 0.6) is 0 Å². The van der Waals surface area contributed by atoms with Crippen LogP contribution >= 0.6 is 0 Å². The monoisotopic (exact) mass is 816 g/mol. The van der Waals surface area contributed by atoms with Crippen molar-refractivity contribution in [3.63, 3.8) is 0 Å².